The van der Waals surface area contributed by atoms with Crippen LogP contribution in [0.2, 0.25) is 0 Å². The van der Waals surface area contributed by atoms with E-state index >= 15 is 0 Å². The summed E-state index contributed by atoms with van der Waals surface area (Å²) in [6, 6.07) is 0. The number of aryl methyl sites for hydroxylation is 3. The van der Waals surface area contributed by atoms with E-state index in [0.29, 0.717) is 0 Å². The van der Waals surface area contributed by atoms with Crippen LogP contribution in [0.1, 0.15) is 39.3 Å². The summed E-state index contributed by atoms with van der Waals surface area (Å²) in [5.41, 5.74) is 1.76. The molecule has 2 aromatic heterocycles. The third-order valence-corrected chi connectivity index (χ3v) is 1.96. The molecule has 0 aliphatic rings. The summed E-state index contributed by atoms with van der Waals surface area (Å²) in [5.74, 6) is 1.75. The van der Waals surface area contributed by atoms with E-state index < -0.39 is 0 Å². The van der Waals surface area contributed by atoms with Crippen LogP contribution in [0.5, 0.6) is 0 Å². The number of rotatable bonds is 0. The number of aromatic nitrogens is 4. The third kappa shape index (κ3) is 3.02. The first-order valence-electron chi connectivity index (χ1n) is 5.81. The average Bonchev–Trinajstić information content (AvgIpc) is 2.61. The summed E-state index contributed by atoms with van der Waals surface area (Å²) >= 11 is 0. The summed E-state index contributed by atoms with van der Waals surface area (Å²) in [5, 5.41) is 0. The van der Waals surface area contributed by atoms with Gasteiger partial charge in [-0.3, -0.25) is 0 Å². The van der Waals surface area contributed by atoms with E-state index in [0.717, 1.165) is 22.8 Å². The molecule has 0 bridgehead atoms. The maximum Gasteiger partial charge on any atom is 0.163 e. The Kier molecular flexibility index (Phi) is 6.30. The fourth-order valence-electron chi connectivity index (χ4n) is 1.18. The van der Waals surface area contributed by atoms with Gasteiger partial charge < -0.3 is 4.57 Å². The van der Waals surface area contributed by atoms with Crippen LogP contribution in [0.25, 0.3) is 11.2 Å². The van der Waals surface area contributed by atoms with Crippen molar-refractivity contribution in [2.75, 3.05) is 0 Å². The van der Waals surface area contributed by atoms with Gasteiger partial charge in [-0.15, -0.1) is 0 Å². The van der Waals surface area contributed by atoms with Crippen molar-refractivity contribution in [1.29, 1.82) is 0 Å². The van der Waals surface area contributed by atoms with E-state index in [9.17, 15) is 0 Å². The van der Waals surface area contributed by atoms with Gasteiger partial charge in [0, 0.05) is 7.05 Å². The fraction of sp³-hybridized carbons (Fsp3) is 0.583. The van der Waals surface area contributed by atoms with E-state index in [-0.39, 0.29) is 0 Å². The van der Waals surface area contributed by atoms with Crippen LogP contribution < -0.4 is 0 Å². The van der Waals surface area contributed by atoms with Crippen molar-refractivity contribution in [2.24, 2.45) is 7.05 Å². The zero-order valence-electron chi connectivity index (χ0n) is 11.4. The maximum atomic E-state index is 4.29. The Hall–Kier alpha value is -1.45. The summed E-state index contributed by atoms with van der Waals surface area (Å²) in [7, 11) is 1.96. The molecule has 16 heavy (non-hydrogen) atoms. The van der Waals surface area contributed by atoms with Gasteiger partial charge >= 0.3 is 0 Å². The molecule has 0 saturated heterocycles. The van der Waals surface area contributed by atoms with E-state index in [2.05, 4.69) is 15.0 Å². The first-order chi connectivity index (χ1) is 7.68. The smallest absolute Gasteiger partial charge is 0.163 e. The summed E-state index contributed by atoms with van der Waals surface area (Å²) in [6.07, 6.45) is 1.75. The number of hydrogen-bond donors (Lipinski definition) is 0. The molecule has 0 spiro atoms. The molecular formula is C12H22N4. The standard InChI is InChI=1S/C8H10N4.2C2H6/c1-5-9-4-7-8(10-5)12(3)6(2)11-7;2*1-2/h4H,1-3H3;2*1-2H3. The van der Waals surface area contributed by atoms with Crippen molar-refractivity contribution in [1.82, 2.24) is 19.5 Å². The van der Waals surface area contributed by atoms with Crippen molar-refractivity contribution in [2.45, 2.75) is 41.5 Å². The number of fused-ring (bicyclic) bond motifs is 1. The highest BCUT2D eigenvalue weighted by atomic mass is 15.1. The minimum atomic E-state index is 0.783. The van der Waals surface area contributed by atoms with Gasteiger partial charge in [-0.2, -0.15) is 0 Å². The Morgan fingerprint density at radius 3 is 2.12 bits per heavy atom. The molecule has 2 aromatic rings. The summed E-state index contributed by atoms with van der Waals surface area (Å²) in [4.78, 5) is 12.7. The molecule has 4 heteroatoms. The lowest BCUT2D eigenvalue weighted by Crippen LogP contribution is -1.94. The number of nitrogens with zero attached hydrogens (tertiary/aromatic N) is 4. The predicted molar refractivity (Wildman–Crippen MR) is 68.5 cm³/mol. The van der Waals surface area contributed by atoms with Crippen molar-refractivity contribution in [3.05, 3.63) is 17.8 Å². The molecule has 90 valence electrons. The van der Waals surface area contributed by atoms with Gasteiger partial charge in [0.1, 0.15) is 17.2 Å². The average molecular weight is 222 g/mol. The van der Waals surface area contributed by atoms with Crippen LogP contribution in [0.4, 0.5) is 0 Å². The van der Waals surface area contributed by atoms with Crippen molar-refractivity contribution >= 4 is 11.2 Å². The monoisotopic (exact) mass is 222 g/mol. The van der Waals surface area contributed by atoms with E-state index in [4.69, 9.17) is 0 Å². The summed E-state index contributed by atoms with van der Waals surface area (Å²) in [6.45, 7) is 11.8. The quantitative estimate of drug-likeness (QED) is 0.688. The molecule has 0 aliphatic carbocycles. The molecule has 0 amide bonds. The lowest BCUT2D eigenvalue weighted by atomic mass is 10.5. The number of imidazole rings is 1. The van der Waals surface area contributed by atoms with Gasteiger partial charge in [-0.05, 0) is 13.8 Å². The van der Waals surface area contributed by atoms with Crippen LogP contribution in [0, 0.1) is 13.8 Å². The van der Waals surface area contributed by atoms with Crippen LogP contribution in [0.3, 0.4) is 0 Å². The molecule has 0 N–H and O–H groups in total. The first kappa shape index (κ1) is 14.6. The van der Waals surface area contributed by atoms with Crippen LogP contribution >= 0.6 is 0 Å². The van der Waals surface area contributed by atoms with E-state index in [1.807, 2.05) is 53.2 Å². The normalized spacial score (nSPS) is 8.94. The Balaban J connectivity index is 0.000000509. The highest BCUT2D eigenvalue weighted by Gasteiger charge is 2.04. The fourth-order valence-corrected chi connectivity index (χ4v) is 1.18. The van der Waals surface area contributed by atoms with Gasteiger partial charge in [-0.25, -0.2) is 15.0 Å². The zero-order valence-corrected chi connectivity index (χ0v) is 11.4. The topological polar surface area (TPSA) is 43.6 Å². The Labute approximate surface area is 97.8 Å². The highest BCUT2D eigenvalue weighted by molar-refractivity contribution is 5.70. The minimum absolute atomic E-state index is 0.783. The van der Waals surface area contributed by atoms with Crippen molar-refractivity contribution in [3.63, 3.8) is 0 Å². The zero-order chi connectivity index (χ0) is 12.7. The molecule has 0 unspecified atom stereocenters. The second-order valence-electron chi connectivity index (χ2n) is 2.84. The van der Waals surface area contributed by atoms with E-state index in [1.165, 1.54) is 0 Å². The van der Waals surface area contributed by atoms with Crippen molar-refractivity contribution < 1.29 is 0 Å². The van der Waals surface area contributed by atoms with Crippen LogP contribution in [0.15, 0.2) is 6.20 Å². The van der Waals surface area contributed by atoms with Gasteiger partial charge in [0.15, 0.2) is 5.65 Å². The lowest BCUT2D eigenvalue weighted by Gasteiger charge is -1.95. The largest absolute Gasteiger partial charge is 0.316 e. The Bertz CT molecular complexity index is 432. The number of hydrogen-bond acceptors (Lipinski definition) is 3. The Morgan fingerprint density at radius 2 is 1.56 bits per heavy atom. The van der Waals surface area contributed by atoms with Crippen molar-refractivity contribution in [3.8, 4) is 0 Å². The molecule has 2 rings (SSSR count). The summed E-state index contributed by atoms with van der Waals surface area (Å²) < 4.78 is 1.96. The molecule has 0 fully saturated rings. The molecule has 0 atom stereocenters. The third-order valence-electron chi connectivity index (χ3n) is 1.96. The first-order valence-corrected chi connectivity index (χ1v) is 5.81. The van der Waals surface area contributed by atoms with Crippen LogP contribution in [-0.4, -0.2) is 19.5 Å². The molecule has 0 saturated carbocycles. The lowest BCUT2D eigenvalue weighted by molar-refractivity contribution is 0.869. The second kappa shape index (κ2) is 6.93. The molecule has 4 nitrogen and oxygen atoms in total. The van der Waals surface area contributed by atoms with Gasteiger partial charge in [0.25, 0.3) is 0 Å². The SMILES string of the molecule is CC.CC.Cc1ncc2nc(C)n(C)c2n1. The minimum Gasteiger partial charge on any atom is -0.316 e. The molecule has 0 radical (unpaired) electrons. The molecule has 2 heterocycles. The van der Waals surface area contributed by atoms with Gasteiger partial charge in [-0.1, -0.05) is 27.7 Å². The predicted octanol–water partition coefficient (Wildman–Crippen LogP) is 3.03. The molecular weight excluding hydrogens is 200 g/mol. The van der Waals surface area contributed by atoms with Crippen LogP contribution in [-0.2, 0) is 7.05 Å². The second-order valence-corrected chi connectivity index (χ2v) is 2.84. The molecule has 0 aliphatic heterocycles. The van der Waals surface area contributed by atoms with Gasteiger partial charge in [0.2, 0.25) is 0 Å². The van der Waals surface area contributed by atoms with Gasteiger partial charge in [0.05, 0.1) is 6.20 Å². The Morgan fingerprint density at radius 1 is 1.00 bits per heavy atom. The molecule has 0 aromatic carbocycles. The maximum absolute atomic E-state index is 4.29. The highest BCUT2D eigenvalue weighted by Crippen LogP contribution is 2.09. The van der Waals surface area contributed by atoms with E-state index in [1.54, 1.807) is 6.20 Å².